The van der Waals surface area contributed by atoms with E-state index in [4.69, 9.17) is 23.2 Å². The molecule has 0 saturated carbocycles. The Morgan fingerprint density at radius 3 is 2.74 bits per heavy atom. The Morgan fingerprint density at radius 2 is 2.04 bits per heavy atom. The average molecular weight is 354 g/mol. The van der Waals surface area contributed by atoms with E-state index in [-0.39, 0.29) is 11.2 Å². The topological polar surface area (TPSA) is 20.3 Å². The molecule has 23 heavy (non-hydrogen) atoms. The minimum Gasteiger partial charge on any atom is -0.299 e. The second-order valence-corrected chi connectivity index (χ2v) is 7.98. The van der Waals surface area contributed by atoms with E-state index in [1.807, 2.05) is 6.07 Å². The summed E-state index contributed by atoms with van der Waals surface area (Å²) in [5.41, 5.74) is 0.462. The molecule has 2 bridgehead atoms. The first-order valence-electron chi connectivity index (χ1n) is 8.71. The number of nitrogens with zero attached hydrogens (tertiary/aromatic N) is 1. The molecule has 4 heteroatoms. The van der Waals surface area contributed by atoms with Gasteiger partial charge in [0.25, 0.3) is 0 Å². The maximum absolute atomic E-state index is 13.5. The van der Waals surface area contributed by atoms with Crippen molar-refractivity contribution in [3.05, 3.63) is 33.8 Å². The Bertz CT molecular complexity index is 603. The van der Waals surface area contributed by atoms with Crippen LogP contribution in [-0.4, -0.2) is 29.8 Å². The summed E-state index contributed by atoms with van der Waals surface area (Å²) in [5, 5.41) is 0.976. The highest BCUT2D eigenvalue weighted by atomic mass is 35.5. The minimum absolute atomic E-state index is 0.255. The molecule has 0 amide bonds. The van der Waals surface area contributed by atoms with E-state index >= 15 is 0 Å². The standard InChI is InChI=1S/C19H25Cl2NO/c1-3-4-10-19(11-9-14-6-8-17(19)22(14)2)18(23)13-5-7-15(20)16(21)12-13/h5,7,12,14,17H,3-4,6,8-11H2,1-2H3/t14?,17-,19-/m1/s1. The fourth-order valence-electron chi connectivity index (χ4n) is 4.70. The fraction of sp³-hybridized carbons (Fsp3) is 0.632. The normalized spacial score (nSPS) is 30.6. The Hall–Kier alpha value is -0.570. The number of Topliss-reactive ketones (excluding diaryl/α,β-unsaturated/α-hetero) is 1. The molecular formula is C19H25Cl2NO. The molecule has 2 aliphatic heterocycles. The van der Waals surface area contributed by atoms with Crippen molar-refractivity contribution in [3.8, 4) is 0 Å². The van der Waals surface area contributed by atoms with E-state index in [1.165, 1.54) is 6.42 Å². The van der Waals surface area contributed by atoms with Crippen LogP contribution >= 0.6 is 23.2 Å². The van der Waals surface area contributed by atoms with Crippen LogP contribution in [0.4, 0.5) is 0 Å². The van der Waals surface area contributed by atoms with Crippen molar-refractivity contribution >= 4 is 29.0 Å². The van der Waals surface area contributed by atoms with Crippen LogP contribution in [0.25, 0.3) is 0 Å². The lowest BCUT2D eigenvalue weighted by Crippen LogP contribution is -2.53. The maximum Gasteiger partial charge on any atom is 0.170 e. The van der Waals surface area contributed by atoms with Gasteiger partial charge in [0.05, 0.1) is 10.0 Å². The van der Waals surface area contributed by atoms with Crippen LogP contribution in [0.15, 0.2) is 18.2 Å². The van der Waals surface area contributed by atoms with Crippen LogP contribution < -0.4 is 0 Å². The zero-order valence-electron chi connectivity index (χ0n) is 13.9. The van der Waals surface area contributed by atoms with Crippen molar-refractivity contribution in [3.63, 3.8) is 0 Å². The van der Waals surface area contributed by atoms with Gasteiger partial charge in [-0.2, -0.15) is 0 Å². The number of ketones is 1. The quantitative estimate of drug-likeness (QED) is 0.641. The molecule has 2 fully saturated rings. The van der Waals surface area contributed by atoms with E-state index in [0.29, 0.717) is 27.7 Å². The molecule has 0 aromatic heterocycles. The van der Waals surface area contributed by atoms with E-state index in [0.717, 1.165) is 38.5 Å². The summed E-state index contributed by atoms with van der Waals surface area (Å²) in [6.07, 6.45) is 7.69. The third-order valence-electron chi connectivity index (χ3n) is 6.01. The fourth-order valence-corrected chi connectivity index (χ4v) is 5.00. The predicted molar refractivity (Wildman–Crippen MR) is 96.6 cm³/mol. The van der Waals surface area contributed by atoms with Gasteiger partial charge < -0.3 is 0 Å². The molecule has 2 heterocycles. The Balaban J connectivity index is 1.98. The van der Waals surface area contributed by atoms with Gasteiger partial charge in [-0.05, 0) is 57.4 Å². The summed E-state index contributed by atoms with van der Waals surface area (Å²) < 4.78 is 0. The number of hydrogen-bond acceptors (Lipinski definition) is 2. The molecule has 1 aromatic rings. The molecule has 126 valence electrons. The number of piperidine rings is 1. The number of halogens is 2. The smallest absolute Gasteiger partial charge is 0.170 e. The summed E-state index contributed by atoms with van der Waals surface area (Å²) in [6, 6.07) is 6.37. The molecular weight excluding hydrogens is 329 g/mol. The summed E-state index contributed by atoms with van der Waals surface area (Å²) in [4.78, 5) is 16.0. The SMILES string of the molecule is CCCC[C@@]1(C(=O)c2ccc(Cl)c(Cl)c2)CCC2CC[C@H]1N2C. The average Bonchev–Trinajstić information content (AvgIpc) is 2.80. The molecule has 2 nitrogen and oxygen atoms in total. The summed E-state index contributed by atoms with van der Waals surface area (Å²) in [5.74, 6) is 0.265. The zero-order chi connectivity index (χ0) is 16.6. The van der Waals surface area contributed by atoms with Crippen molar-refractivity contribution in [2.45, 2.75) is 64.0 Å². The number of carbonyl (C=O) groups excluding carboxylic acids is 1. The molecule has 0 N–H and O–H groups in total. The van der Waals surface area contributed by atoms with Gasteiger partial charge in [0.1, 0.15) is 0 Å². The third-order valence-corrected chi connectivity index (χ3v) is 6.75. The van der Waals surface area contributed by atoms with Gasteiger partial charge in [-0.1, -0.05) is 43.0 Å². The van der Waals surface area contributed by atoms with Crippen LogP contribution in [0.3, 0.4) is 0 Å². The second-order valence-electron chi connectivity index (χ2n) is 7.17. The monoisotopic (exact) mass is 353 g/mol. The summed E-state index contributed by atoms with van der Waals surface area (Å²) in [6.45, 7) is 2.20. The van der Waals surface area contributed by atoms with E-state index < -0.39 is 0 Å². The first kappa shape index (κ1) is 17.3. The maximum atomic E-state index is 13.5. The van der Waals surface area contributed by atoms with E-state index in [2.05, 4.69) is 18.9 Å². The molecule has 2 saturated heterocycles. The first-order valence-corrected chi connectivity index (χ1v) is 9.47. The van der Waals surface area contributed by atoms with Crippen molar-refractivity contribution in [2.75, 3.05) is 7.05 Å². The molecule has 1 unspecified atom stereocenters. The van der Waals surface area contributed by atoms with Crippen molar-refractivity contribution < 1.29 is 4.79 Å². The summed E-state index contributed by atoms with van der Waals surface area (Å²) in [7, 11) is 2.20. The first-order chi connectivity index (χ1) is 11.0. The lowest BCUT2D eigenvalue weighted by molar-refractivity contribution is 0.0249. The molecule has 0 radical (unpaired) electrons. The lowest BCUT2D eigenvalue weighted by atomic mass is 9.66. The molecule has 0 aliphatic carbocycles. The van der Waals surface area contributed by atoms with Gasteiger partial charge in [-0.3, -0.25) is 9.69 Å². The predicted octanol–water partition coefficient (Wildman–Crippen LogP) is 5.61. The number of fused-ring (bicyclic) bond motifs is 2. The van der Waals surface area contributed by atoms with E-state index in [9.17, 15) is 4.79 Å². The molecule has 3 rings (SSSR count). The highest BCUT2D eigenvalue weighted by molar-refractivity contribution is 6.42. The minimum atomic E-state index is -0.255. The van der Waals surface area contributed by atoms with Gasteiger partial charge in [-0.25, -0.2) is 0 Å². The number of carbonyl (C=O) groups is 1. The van der Waals surface area contributed by atoms with Crippen LogP contribution in [0, 0.1) is 5.41 Å². The second kappa shape index (κ2) is 6.74. The highest BCUT2D eigenvalue weighted by Crippen LogP contribution is 2.50. The van der Waals surface area contributed by atoms with Crippen LogP contribution in [-0.2, 0) is 0 Å². The van der Waals surface area contributed by atoms with Gasteiger partial charge in [0, 0.05) is 23.1 Å². The van der Waals surface area contributed by atoms with Gasteiger partial charge in [0.2, 0.25) is 0 Å². The molecule has 2 aliphatic rings. The van der Waals surface area contributed by atoms with Crippen LogP contribution in [0.2, 0.25) is 10.0 Å². The van der Waals surface area contributed by atoms with Crippen molar-refractivity contribution in [1.29, 1.82) is 0 Å². The molecule has 0 spiro atoms. The highest BCUT2D eigenvalue weighted by Gasteiger charge is 2.53. The molecule has 3 atom stereocenters. The van der Waals surface area contributed by atoms with Gasteiger partial charge in [-0.15, -0.1) is 0 Å². The third kappa shape index (κ3) is 2.94. The lowest BCUT2D eigenvalue weighted by Gasteiger charge is -2.47. The van der Waals surface area contributed by atoms with Crippen molar-refractivity contribution in [2.24, 2.45) is 5.41 Å². The van der Waals surface area contributed by atoms with Crippen LogP contribution in [0.5, 0.6) is 0 Å². The zero-order valence-corrected chi connectivity index (χ0v) is 15.5. The Morgan fingerprint density at radius 1 is 1.26 bits per heavy atom. The number of benzene rings is 1. The van der Waals surface area contributed by atoms with Crippen molar-refractivity contribution in [1.82, 2.24) is 4.90 Å². The number of rotatable bonds is 5. The van der Waals surface area contributed by atoms with Gasteiger partial charge >= 0.3 is 0 Å². The molecule has 1 aromatic carbocycles. The number of unbranched alkanes of at least 4 members (excludes halogenated alkanes) is 1. The Kier molecular flexibility index (Phi) is 5.06. The van der Waals surface area contributed by atoms with Gasteiger partial charge in [0.15, 0.2) is 5.78 Å². The summed E-state index contributed by atoms with van der Waals surface area (Å²) >= 11 is 12.2. The number of hydrogen-bond donors (Lipinski definition) is 0. The Labute approximate surface area is 149 Å². The largest absolute Gasteiger partial charge is 0.299 e. The van der Waals surface area contributed by atoms with Crippen LogP contribution in [0.1, 0.15) is 62.2 Å². The van der Waals surface area contributed by atoms with E-state index in [1.54, 1.807) is 12.1 Å².